The minimum absolute atomic E-state index is 0.125. The zero-order valence-corrected chi connectivity index (χ0v) is 11.4. The lowest BCUT2D eigenvalue weighted by atomic mass is 10.2. The number of alkyl halides is 3. The van der Waals surface area contributed by atoms with Gasteiger partial charge in [0.2, 0.25) is 0 Å². The third-order valence-electron chi connectivity index (χ3n) is 2.28. The van der Waals surface area contributed by atoms with E-state index < -0.39 is 17.6 Å². The van der Waals surface area contributed by atoms with Gasteiger partial charge in [-0.05, 0) is 40.2 Å². The Labute approximate surface area is 120 Å². The summed E-state index contributed by atoms with van der Waals surface area (Å²) in [4.78, 5) is 19.2. The molecule has 8 heteroatoms. The highest BCUT2D eigenvalue weighted by atomic mass is 79.9. The van der Waals surface area contributed by atoms with Crippen molar-refractivity contribution >= 4 is 27.7 Å². The molecule has 0 atom stereocenters. The van der Waals surface area contributed by atoms with E-state index in [1.165, 1.54) is 0 Å². The molecule has 0 saturated heterocycles. The van der Waals surface area contributed by atoms with E-state index in [0.717, 1.165) is 12.1 Å². The molecule has 0 aliphatic heterocycles. The molecule has 0 saturated carbocycles. The smallest absolute Gasteiger partial charge is 0.305 e. The Morgan fingerprint density at radius 3 is 2.50 bits per heavy atom. The van der Waals surface area contributed by atoms with Crippen molar-refractivity contribution in [2.45, 2.75) is 6.18 Å². The van der Waals surface area contributed by atoms with Crippen LogP contribution >= 0.6 is 15.9 Å². The molecule has 2 aromatic heterocycles. The summed E-state index contributed by atoms with van der Waals surface area (Å²) in [6.45, 7) is 0. The Balaban J connectivity index is 2.14. The van der Waals surface area contributed by atoms with Crippen molar-refractivity contribution < 1.29 is 18.0 Å². The number of pyridine rings is 2. The zero-order valence-electron chi connectivity index (χ0n) is 9.78. The molecule has 2 rings (SSSR count). The van der Waals surface area contributed by atoms with Gasteiger partial charge in [0.25, 0.3) is 5.91 Å². The molecule has 20 heavy (non-hydrogen) atoms. The van der Waals surface area contributed by atoms with Crippen molar-refractivity contribution in [2.75, 3.05) is 5.32 Å². The Bertz CT molecular complexity index is 629. The molecule has 0 aromatic carbocycles. The zero-order chi connectivity index (χ0) is 14.8. The van der Waals surface area contributed by atoms with Gasteiger partial charge in [-0.1, -0.05) is 6.07 Å². The highest BCUT2D eigenvalue weighted by Crippen LogP contribution is 2.28. The second kappa shape index (κ2) is 5.58. The molecule has 0 fully saturated rings. The van der Waals surface area contributed by atoms with Crippen LogP contribution < -0.4 is 5.32 Å². The highest BCUT2D eigenvalue weighted by Gasteiger charge is 2.30. The molecule has 0 aliphatic rings. The van der Waals surface area contributed by atoms with Crippen LogP contribution in [0.25, 0.3) is 0 Å². The molecule has 0 aliphatic carbocycles. The molecule has 2 heterocycles. The van der Waals surface area contributed by atoms with Gasteiger partial charge < -0.3 is 5.32 Å². The first-order valence-electron chi connectivity index (χ1n) is 5.33. The summed E-state index contributed by atoms with van der Waals surface area (Å²) < 4.78 is 37.6. The van der Waals surface area contributed by atoms with Crippen LogP contribution in [0, 0.1) is 0 Å². The van der Waals surface area contributed by atoms with Crippen molar-refractivity contribution in [2.24, 2.45) is 0 Å². The van der Waals surface area contributed by atoms with E-state index in [-0.39, 0.29) is 11.5 Å². The van der Waals surface area contributed by atoms with Crippen LogP contribution in [0.2, 0.25) is 0 Å². The Morgan fingerprint density at radius 1 is 1.20 bits per heavy atom. The predicted octanol–water partition coefficient (Wildman–Crippen LogP) is 3.51. The molecule has 104 valence electrons. The van der Waals surface area contributed by atoms with Crippen molar-refractivity contribution in [3.63, 3.8) is 0 Å². The summed E-state index contributed by atoms with van der Waals surface area (Å²) in [5, 5.41) is 2.43. The monoisotopic (exact) mass is 345 g/mol. The van der Waals surface area contributed by atoms with Gasteiger partial charge in [0.1, 0.15) is 16.1 Å². The summed E-state index contributed by atoms with van der Waals surface area (Å²) in [5.74, 6) is -0.365. The first kappa shape index (κ1) is 14.4. The molecular formula is C12H7BrF3N3O. The van der Waals surface area contributed by atoms with Gasteiger partial charge in [0.05, 0.1) is 5.56 Å². The molecular weight excluding hydrogens is 339 g/mol. The lowest BCUT2D eigenvalue weighted by Gasteiger charge is -2.07. The second-order valence-corrected chi connectivity index (χ2v) is 4.54. The maximum atomic E-state index is 12.4. The lowest BCUT2D eigenvalue weighted by Crippen LogP contribution is -2.15. The summed E-state index contributed by atoms with van der Waals surface area (Å²) in [6, 6.07) is 6.69. The predicted molar refractivity (Wildman–Crippen MR) is 69.1 cm³/mol. The fourth-order valence-corrected chi connectivity index (χ4v) is 1.70. The normalized spacial score (nSPS) is 11.2. The van der Waals surface area contributed by atoms with Crippen LogP contribution in [0.4, 0.5) is 19.0 Å². The number of nitrogens with one attached hydrogen (secondary N) is 1. The fraction of sp³-hybridized carbons (Fsp3) is 0.0833. The highest BCUT2D eigenvalue weighted by molar-refractivity contribution is 9.10. The lowest BCUT2D eigenvalue weighted by molar-refractivity contribution is -0.137. The molecule has 0 radical (unpaired) electrons. The quantitative estimate of drug-likeness (QED) is 0.847. The van der Waals surface area contributed by atoms with Crippen LogP contribution in [-0.4, -0.2) is 15.9 Å². The number of nitrogens with zero attached hydrogens (tertiary/aromatic N) is 2. The van der Waals surface area contributed by atoms with E-state index in [9.17, 15) is 18.0 Å². The van der Waals surface area contributed by atoms with Crippen molar-refractivity contribution in [1.29, 1.82) is 0 Å². The summed E-state index contributed by atoms with van der Waals surface area (Å²) in [7, 11) is 0. The third-order valence-corrected chi connectivity index (χ3v) is 2.72. The molecule has 0 unspecified atom stereocenters. The molecule has 0 bridgehead atoms. The van der Waals surface area contributed by atoms with E-state index in [0.29, 0.717) is 10.8 Å². The number of hydrogen-bond donors (Lipinski definition) is 1. The van der Waals surface area contributed by atoms with Crippen molar-refractivity contribution in [3.05, 3.63) is 52.4 Å². The van der Waals surface area contributed by atoms with Crippen LogP contribution in [-0.2, 0) is 6.18 Å². The SMILES string of the molecule is O=C(Nc1cccc(Br)n1)c1ccc(C(F)(F)F)cn1. The number of amides is 1. The number of carbonyl (C=O) groups excluding carboxylic acids is 1. The van der Waals surface area contributed by atoms with Crippen LogP contribution in [0.1, 0.15) is 16.1 Å². The van der Waals surface area contributed by atoms with Gasteiger partial charge in [-0.3, -0.25) is 9.78 Å². The molecule has 4 nitrogen and oxygen atoms in total. The van der Waals surface area contributed by atoms with Gasteiger partial charge in [-0.25, -0.2) is 4.98 Å². The Kier molecular flexibility index (Phi) is 4.03. The minimum atomic E-state index is -4.48. The molecule has 2 aromatic rings. The molecule has 1 amide bonds. The Morgan fingerprint density at radius 2 is 1.95 bits per heavy atom. The van der Waals surface area contributed by atoms with E-state index in [4.69, 9.17) is 0 Å². The van der Waals surface area contributed by atoms with Gasteiger partial charge in [-0.15, -0.1) is 0 Å². The van der Waals surface area contributed by atoms with Gasteiger partial charge in [0, 0.05) is 6.20 Å². The first-order valence-corrected chi connectivity index (χ1v) is 6.13. The molecule has 0 spiro atoms. The Hall–Kier alpha value is -1.96. The maximum Gasteiger partial charge on any atom is 0.417 e. The summed E-state index contributed by atoms with van der Waals surface area (Å²) in [6.07, 6.45) is -3.86. The van der Waals surface area contributed by atoms with Crippen molar-refractivity contribution in [1.82, 2.24) is 9.97 Å². The van der Waals surface area contributed by atoms with E-state index in [1.807, 2.05) is 0 Å². The number of hydrogen-bond acceptors (Lipinski definition) is 3. The number of rotatable bonds is 2. The first-order chi connectivity index (χ1) is 9.36. The summed E-state index contributed by atoms with van der Waals surface area (Å²) in [5.41, 5.74) is -1.03. The topological polar surface area (TPSA) is 54.9 Å². The van der Waals surface area contributed by atoms with Crippen LogP contribution in [0.15, 0.2) is 41.1 Å². The average molecular weight is 346 g/mol. The molecule has 1 N–H and O–H groups in total. The number of carbonyl (C=O) groups is 1. The fourth-order valence-electron chi connectivity index (χ4n) is 1.35. The maximum absolute atomic E-state index is 12.4. The van der Waals surface area contributed by atoms with E-state index in [2.05, 4.69) is 31.2 Å². The van der Waals surface area contributed by atoms with Crippen LogP contribution in [0.5, 0.6) is 0 Å². The van der Waals surface area contributed by atoms with Gasteiger partial charge >= 0.3 is 6.18 Å². The van der Waals surface area contributed by atoms with Gasteiger partial charge in [-0.2, -0.15) is 13.2 Å². The standard InChI is InChI=1S/C12H7BrF3N3O/c13-9-2-1-3-10(18-9)19-11(20)8-5-4-7(6-17-8)12(14,15)16/h1-6H,(H,18,19,20). The largest absolute Gasteiger partial charge is 0.417 e. The average Bonchev–Trinajstić information content (AvgIpc) is 2.38. The number of halogens is 4. The van der Waals surface area contributed by atoms with Crippen LogP contribution in [0.3, 0.4) is 0 Å². The van der Waals surface area contributed by atoms with Gasteiger partial charge in [0.15, 0.2) is 0 Å². The summed E-state index contributed by atoms with van der Waals surface area (Å²) >= 11 is 3.14. The number of aromatic nitrogens is 2. The minimum Gasteiger partial charge on any atom is -0.305 e. The number of anilines is 1. The second-order valence-electron chi connectivity index (χ2n) is 3.73. The third kappa shape index (κ3) is 3.53. The van der Waals surface area contributed by atoms with Crippen molar-refractivity contribution in [3.8, 4) is 0 Å². The van der Waals surface area contributed by atoms with E-state index >= 15 is 0 Å². The van der Waals surface area contributed by atoms with E-state index in [1.54, 1.807) is 18.2 Å².